The van der Waals surface area contributed by atoms with Crippen LogP contribution < -0.4 is 0 Å². The molecule has 4 rings (SSSR count). The van der Waals surface area contributed by atoms with Crippen molar-refractivity contribution in [3.05, 3.63) is 87.0 Å². The quantitative estimate of drug-likeness (QED) is 0.289. The van der Waals surface area contributed by atoms with Crippen molar-refractivity contribution in [2.45, 2.75) is 13.8 Å². The zero-order valence-corrected chi connectivity index (χ0v) is 17.8. The van der Waals surface area contributed by atoms with Crippen LogP contribution in [-0.4, -0.2) is 27.4 Å². The van der Waals surface area contributed by atoms with Gasteiger partial charge in [0.25, 0.3) is 11.6 Å². The first-order valence-electron chi connectivity index (χ1n) is 9.66. The number of carbonyl (C=O) groups excluding carboxylic acids is 1. The van der Waals surface area contributed by atoms with Gasteiger partial charge in [0.2, 0.25) is 0 Å². The minimum Gasteiger partial charge on any atom is -0.457 e. The highest BCUT2D eigenvalue weighted by atomic mass is 32.2. The van der Waals surface area contributed by atoms with E-state index in [1.807, 2.05) is 37.3 Å². The first-order valence-corrected chi connectivity index (χ1v) is 10.5. The average molecular weight is 433 g/mol. The number of non-ortho nitro benzene ring substituents is 1. The van der Waals surface area contributed by atoms with E-state index >= 15 is 0 Å². The third kappa shape index (κ3) is 4.29. The molecule has 1 aliphatic rings. The van der Waals surface area contributed by atoms with Crippen molar-refractivity contribution in [1.29, 1.82) is 0 Å². The molecule has 0 atom stereocenters. The second kappa shape index (κ2) is 8.61. The molecule has 1 amide bonds. The second-order valence-corrected chi connectivity index (χ2v) is 7.86. The fourth-order valence-corrected chi connectivity index (χ4v) is 4.27. The molecular weight excluding hydrogens is 414 g/mol. The van der Waals surface area contributed by atoms with Crippen LogP contribution in [0.25, 0.3) is 17.4 Å². The number of hydrogen-bond acceptors (Lipinski definition) is 6. The maximum absolute atomic E-state index is 12.8. The normalized spacial score (nSPS) is 16.5. The van der Waals surface area contributed by atoms with Gasteiger partial charge in [-0.15, -0.1) is 0 Å². The highest BCUT2D eigenvalue weighted by Gasteiger charge is 2.32. The van der Waals surface area contributed by atoms with Crippen LogP contribution in [-0.2, 0) is 4.79 Å². The lowest BCUT2D eigenvalue weighted by molar-refractivity contribution is -0.384. The van der Waals surface area contributed by atoms with Gasteiger partial charge < -0.3 is 4.42 Å². The SMILES string of the molecule is CCN1C(=O)/C(=C\c2ccc(-c3ccc([N+](=O)[O-])cc3C)o2)SC1=Nc1ccccc1. The number of nitrogens with zero attached hydrogens (tertiary/aromatic N) is 3. The van der Waals surface area contributed by atoms with E-state index < -0.39 is 4.92 Å². The van der Waals surface area contributed by atoms with Crippen LogP contribution in [0.3, 0.4) is 0 Å². The Morgan fingerprint density at radius 2 is 1.94 bits per heavy atom. The van der Waals surface area contributed by atoms with E-state index in [1.165, 1.54) is 23.9 Å². The maximum Gasteiger partial charge on any atom is 0.269 e. The zero-order valence-electron chi connectivity index (χ0n) is 16.9. The summed E-state index contributed by atoms with van der Waals surface area (Å²) in [7, 11) is 0. The molecule has 2 aromatic carbocycles. The average Bonchev–Trinajstić information content (AvgIpc) is 3.33. The summed E-state index contributed by atoms with van der Waals surface area (Å²) in [6.45, 7) is 4.22. The number of carbonyl (C=O) groups is 1. The van der Waals surface area contributed by atoms with Gasteiger partial charge in [-0.2, -0.15) is 0 Å². The van der Waals surface area contributed by atoms with Crippen molar-refractivity contribution in [2.75, 3.05) is 6.54 Å². The molecule has 0 aliphatic carbocycles. The van der Waals surface area contributed by atoms with Crippen molar-refractivity contribution < 1.29 is 14.1 Å². The highest BCUT2D eigenvalue weighted by molar-refractivity contribution is 8.18. The monoisotopic (exact) mass is 433 g/mol. The van der Waals surface area contributed by atoms with Gasteiger partial charge in [0.05, 0.1) is 15.5 Å². The van der Waals surface area contributed by atoms with E-state index in [-0.39, 0.29) is 11.6 Å². The Hall–Kier alpha value is -3.65. The van der Waals surface area contributed by atoms with Gasteiger partial charge in [-0.1, -0.05) is 18.2 Å². The first-order chi connectivity index (χ1) is 15.0. The minimum absolute atomic E-state index is 0.0352. The van der Waals surface area contributed by atoms with E-state index in [2.05, 4.69) is 4.99 Å². The Balaban J connectivity index is 1.61. The summed E-state index contributed by atoms with van der Waals surface area (Å²) in [5, 5.41) is 11.6. The third-order valence-corrected chi connectivity index (χ3v) is 5.78. The van der Waals surface area contributed by atoms with Gasteiger partial charge in [0.1, 0.15) is 11.5 Å². The molecule has 3 aromatic rings. The topological polar surface area (TPSA) is 89.0 Å². The zero-order chi connectivity index (χ0) is 22.0. The first kappa shape index (κ1) is 20.6. The fourth-order valence-electron chi connectivity index (χ4n) is 3.23. The van der Waals surface area contributed by atoms with Crippen molar-refractivity contribution in [3.63, 3.8) is 0 Å². The molecule has 156 valence electrons. The summed E-state index contributed by atoms with van der Waals surface area (Å²) < 4.78 is 5.91. The molecule has 1 fully saturated rings. The number of aliphatic imine (C=N–C) groups is 1. The largest absolute Gasteiger partial charge is 0.457 e. The smallest absolute Gasteiger partial charge is 0.269 e. The molecule has 0 spiro atoms. The number of thioether (sulfide) groups is 1. The highest BCUT2D eigenvalue weighted by Crippen LogP contribution is 2.35. The minimum atomic E-state index is -0.425. The molecule has 0 N–H and O–H groups in total. The number of likely N-dealkylation sites (N-methyl/N-ethyl adjacent to an activating group) is 1. The summed E-state index contributed by atoms with van der Waals surface area (Å²) in [6, 6.07) is 17.7. The van der Waals surface area contributed by atoms with Gasteiger partial charge in [-0.25, -0.2) is 4.99 Å². The number of amidine groups is 1. The van der Waals surface area contributed by atoms with Crippen LogP contribution in [0.2, 0.25) is 0 Å². The molecule has 1 aliphatic heterocycles. The number of furan rings is 1. The molecule has 2 heterocycles. The van der Waals surface area contributed by atoms with E-state index in [0.717, 1.165) is 16.8 Å². The van der Waals surface area contributed by atoms with Gasteiger partial charge in [-0.05, 0) is 61.5 Å². The molecule has 0 saturated carbocycles. The van der Waals surface area contributed by atoms with Gasteiger partial charge in [0, 0.05) is 30.3 Å². The molecule has 31 heavy (non-hydrogen) atoms. The number of benzene rings is 2. The number of nitro groups is 1. The van der Waals surface area contributed by atoms with Crippen LogP contribution in [0.15, 0.2) is 75.0 Å². The predicted molar refractivity (Wildman–Crippen MR) is 122 cm³/mol. The van der Waals surface area contributed by atoms with Gasteiger partial charge in [-0.3, -0.25) is 19.8 Å². The molecular formula is C23H19N3O4S. The Kier molecular flexibility index (Phi) is 5.73. The van der Waals surface area contributed by atoms with Crippen LogP contribution in [0.1, 0.15) is 18.2 Å². The van der Waals surface area contributed by atoms with E-state index in [1.54, 1.807) is 36.1 Å². The van der Waals surface area contributed by atoms with Gasteiger partial charge in [0.15, 0.2) is 5.17 Å². The predicted octanol–water partition coefficient (Wildman–Crippen LogP) is 5.79. The van der Waals surface area contributed by atoms with Crippen molar-refractivity contribution in [3.8, 4) is 11.3 Å². The van der Waals surface area contributed by atoms with Crippen molar-refractivity contribution in [1.82, 2.24) is 4.90 Å². The number of aryl methyl sites for hydroxylation is 1. The Labute approximate surface area is 183 Å². The second-order valence-electron chi connectivity index (χ2n) is 6.85. The number of hydrogen-bond donors (Lipinski definition) is 0. The standard InChI is InChI=1S/C23H19N3O4S/c1-3-25-22(27)21(31-23(25)24-16-7-5-4-6-8-16)14-18-10-12-20(30-18)19-11-9-17(26(28)29)13-15(19)2/h4-14H,3H2,1-2H3/b21-14+,24-23?. The summed E-state index contributed by atoms with van der Waals surface area (Å²) in [5.74, 6) is 0.993. The summed E-state index contributed by atoms with van der Waals surface area (Å²) in [5.41, 5.74) is 2.32. The number of rotatable bonds is 5. The molecule has 0 radical (unpaired) electrons. The molecule has 7 nitrogen and oxygen atoms in total. The van der Waals surface area contributed by atoms with Crippen LogP contribution >= 0.6 is 11.8 Å². The lowest BCUT2D eigenvalue weighted by Gasteiger charge is -2.11. The molecule has 0 unspecified atom stereocenters. The molecule has 1 aromatic heterocycles. The van der Waals surface area contributed by atoms with E-state index in [9.17, 15) is 14.9 Å². The number of nitro benzene ring substituents is 1. The van der Waals surface area contributed by atoms with Crippen molar-refractivity contribution in [2.24, 2.45) is 4.99 Å². The lowest BCUT2D eigenvalue weighted by Crippen LogP contribution is -2.28. The third-order valence-electron chi connectivity index (χ3n) is 4.77. The number of amides is 1. The number of para-hydroxylation sites is 1. The fraction of sp³-hybridized carbons (Fsp3) is 0.130. The van der Waals surface area contributed by atoms with E-state index in [0.29, 0.717) is 28.1 Å². The summed E-state index contributed by atoms with van der Waals surface area (Å²) in [6.07, 6.45) is 1.70. The van der Waals surface area contributed by atoms with Gasteiger partial charge >= 0.3 is 0 Å². The Morgan fingerprint density at radius 1 is 1.16 bits per heavy atom. The lowest BCUT2D eigenvalue weighted by atomic mass is 10.1. The molecule has 1 saturated heterocycles. The van der Waals surface area contributed by atoms with Crippen molar-refractivity contribution >= 4 is 40.3 Å². The Bertz CT molecular complexity index is 1210. The van der Waals surface area contributed by atoms with Crippen LogP contribution in [0.5, 0.6) is 0 Å². The molecule has 8 heteroatoms. The van der Waals surface area contributed by atoms with Crippen LogP contribution in [0, 0.1) is 17.0 Å². The molecule has 0 bridgehead atoms. The van der Waals surface area contributed by atoms with E-state index in [4.69, 9.17) is 4.42 Å². The Morgan fingerprint density at radius 3 is 2.61 bits per heavy atom. The summed E-state index contributed by atoms with van der Waals surface area (Å²) >= 11 is 1.31. The maximum atomic E-state index is 12.8. The van der Waals surface area contributed by atoms with Crippen LogP contribution in [0.4, 0.5) is 11.4 Å². The summed E-state index contributed by atoms with van der Waals surface area (Å²) in [4.78, 5) is 30.1.